The second-order valence-corrected chi connectivity index (χ2v) is 8.24. The third-order valence-corrected chi connectivity index (χ3v) is 5.37. The molecule has 170 valence electrons. The normalized spacial score (nSPS) is 17.6. The van der Waals surface area contributed by atoms with Crippen molar-refractivity contribution in [3.05, 3.63) is 82.2 Å². The van der Waals surface area contributed by atoms with Crippen LogP contribution in [0.2, 0.25) is 0 Å². The van der Waals surface area contributed by atoms with E-state index in [0.29, 0.717) is 29.2 Å². The van der Waals surface area contributed by atoms with E-state index in [4.69, 9.17) is 13.9 Å². The molecule has 0 aliphatic carbocycles. The molecule has 4 rings (SSSR count). The fourth-order valence-corrected chi connectivity index (χ4v) is 3.54. The molecule has 0 fully saturated rings. The van der Waals surface area contributed by atoms with Gasteiger partial charge >= 0.3 is 5.63 Å². The summed E-state index contributed by atoms with van der Waals surface area (Å²) in [5, 5.41) is 0.795. The standard InChI is InChI=1S/C25H22F2N2O4/c1-14(16-5-7-19(26)20(27)10-16)28-13-29-15(2)31-23-11-18-9-17-6-8-24(30)32-21(17)12-22(18)33-25(23,3)4/h5-10,12-13,23H,1,11H2,2-4H3/t23-/m0/s1. The highest BCUT2D eigenvalue weighted by atomic mass is 19.2. The molecule has 8 heteroatoms. The first-order chi connectivity index (χ1) is 15.6. The number of nitrogens with zero attached hydrogens (tertiary/aromatic N) is 2. The Morgan fingerprint density at radius 3 is 2.73 bits per heavy atom. The zero-order valence-corrected chi connectivity index (χ0v) is 18.4. The first-order valence-electron chi connectivity index (χ1n) is 10.3. The Labute approximate surface area is 188 Å². The number of hydrogen-bond acceptors (Lipinski definition) is 5. The molecule has 1 aliphatic rings. The van der Waals surface area contributed by atoms with Crippen molar-refractivity contribution in [1.82, 2.24) is 0 Å². The maximum Gasteiger partial charge on any atom is 0.336 e. The van der Waals surface area contributed by atoms with Gasteiger partial charge in [-0.2, -0.15) is 0 Å². The van der Waals surface area contributed by atoms with Crippen molar-refractivity contribution in [1.29, 1.82) is 0 Å². The first-order valence-corrected chi connectivity index (χ1v) is 10.3. The van der Waals surface area contributed by atoms with E-state index in [2.05, 4.69) is 16.6 Å². The Hall–Kier alpha value is -3.81. The van der Waals surface area contributed by atoms with Gasteiger partial charge in [-0.05, 0) is 49.7 Å². The molecule has 0 saturated heterocycles. The van der Waals surface area contributed by atoms with Gasteiger partial charge in [0.15, 0.2) is 17.5 Å². The minimum absolute atomic E-state index is 0.235. The van der Waals surface area contributed by atoms with Crippen LogP contribution in [0.5, 0.6) is 5.75 Å². The van der Waals surface area contributed by atoms with Crippen LogP contribution < -0.4 is 10.4 Å². The van der Waals surface area contributed by atoms with Gasteiger partial charge in [-0.15, -0.1) is 0 Å². The molecule has 33 heavy (non-hydrogen) atoms. The topological polar surface area (TPSA) is 73.4 Å². The number of aliphatic imine (C=N–C) groups is 2. The van der Waals surface area contributed by atoms with E-state index in [1.54, 1.807) is 19.1 Å². The first kappa shape index (κ1) is 22.4. The van der Waals surface area contributed by atoms with Crippen LogP contribution in [0.15, 0.2) is 68.2 Å². The fourth-order valence-electron chi connectivity index (χ4n) is 3.54. The van der Waals surface area contributed by atoms with Gasteiger partial charge < -0.3 is 13.9 Å². The Morgan fingerprint density at radius 2 is 1.97 bits per heavy atom. The monoisotopic (exact) mass is 452 g/mol. The van der Waals surface area contributed by atoms with E-state index in [0.717, 1.165) is 23.1 Å². The minimum Gasteiger partial charge on any atom is -0.484 e. The highest BCUT2D eigenvalue weighted by Crippen LogP contribution is 2.37. The van der Waals surface area contributed by atoms with E-state index < -0.39 is 22.9 Å². The smallest absolute Gasteiger partial charge is 0.336 e. The van der Waals surface area contributed by atoms with Crippen molar-refractivity contribution in [3.8, 4) is 5.75 Å². The van der Waals surface area contributed by atoms with Crippen LogP contribution >= 0.6 is 0 Å². The van der Waals surface area contributed by atoms with Gasteiger partial charge in [0.05, 0.1) is 5.70 Å². The fraction of sp³-hybridized carbons (Fsp3) is 0.240. The number of benzene rings is 2. The Morgan fingerprint density at radius 1 is 1.18 bits per heavy atom. The van der Waals surface area contributed by atoms with E-state index >= 15 is 0 Å². The molecule has 0 bridgehead atoms. The summed E-state index contributed by atoms with van der Waals surface area (Å²) in [6.07, 6.45) is 1.46. The quantitative estimate of drug-likeness (QED) is 0.306. The van der Waals surface area contributed by atoms with E-state index in [1.807, 2.05) is 19.9 Å². The van der Waals surface area contributed by atoms with Crippen LogP contribution in [0.4, 0.5) is 8.78 Å². The third kappa shape index (κ3) is 4.84. The van der Waals surface area contributed by atoms with E-state index in [-0.39, 0.29) is 11.8 Å². The summed E-state index contributed by atoms with van der Waals surface area (Å²) in [6.45, 7) is 9.23. The molecular weight excluding hydrogens is 430 g/mol. The number of hydrogen-bond donors (Lipinski definition) is 0. The van der Waals surface area contributed by atoms with Crippen molar-refractivity contribution in [2.75, 3.05) is 0 Å². The lowest BCUT2D eigenvalue weighted by molar-refractivity contribution is -0.0334. The summed E-state index contributed by atoms with van der Waals surface area (Å²) in [6, 6.07) is 10.2. The van der Waals surface area contributed by atoms with Crippen molar-refractivity contribution in [3.63, 3.8) is 0 Å². The minimum atomic E-state index is -0.971. The second-order valence-electron chi connectivity index (χ2n) is 8.24. The third-order valence-electron chi connectivity index (χ3n) is 5.37. The van der Waals surface area contributed by atoms with Gasteiger partial charge in [-0.25, -0.2) is 23.6 Å². The van der Waals surface area contributed by atoms with Crippen LogP contribution in [-0.4, -0.2) is 23.9 Å². The number of halogens is 2. The summed E-state index contributed by atoms with van der Waals surface area (Å²) in [5.41, 5.74) is 0.874. The van der Waals surface area contributed by atoms with Crippen molar-refractivity contribution in [2.45, 2.75) is 38.9 Å². The zero-order valence-electron chi connectivity index (χ0n) is 18.4. The Balaban J connectivity index is 1.48. The Bertz CT molecular complexity index is 1360. The average Bonchev–Trinajstić information content (AvgIpc) is 2.74. The van der Waals surface area contributed by atoms with Gasteiger partial charge in [0.1, 0.15) is 29.4 Å². The van der Waals surface area contributed by atoms with Crippen molar-refractivity contribution < 1.29 is 22.7 Å². The molecule has 0 radical (unpaired) electrons. The number of rotatable bonds is 4. The maximum absolute atomic E-state index is 13.4. The molecule has 0 amide bonds. The van der Waals surface area contributed by atoms with Crippen LogP contribution in [0, 0.1) is 11.6 Å². The lowest BCUT2D eigenvalue weighted by atomic mass is 9.90. The molecule has 2 aromatic carbocycles. The van der Waals surface area contributed by atoms with E-state index in [1.165, 1.54) is 18.5 Å². The molecule has 0 N–H and O–H groups in total. The molecule has 6 nitrogen and oxygen atoms in total. The predicted octanol–water partition coefficient (Wildman–Crippen LogP) is 5.29. The molecule has 2 heterocycles. The van der Waals surface area contributed by atoms with Crippen LogP contribution in [0.1, 0.15) is 31.9 Å². The van der Waals surface area contributed by atoms with Gasteiger partial charge in [0.25, 0.3) is 0 Å². The zero-order chi connectivity index (χ0) is 23.8. The van der Waals surface area contributed by atoms with Gasteiger partial charge in [0, 0.05) is 36.4 Å². The molecular formula is C25H22F2N2O4. The Kier molecular flexibility index (Phi) is 5.84. The summed E-state index contributed by atoms with van der Waals surface area (Å²) in [4.78, 5) is 19.7. The van der Waals surface area contributed by atoms with Crippen molar-refractivity contribution in [2.24, 2.45) is 9.98 Å². The molecule has 0 spiro atoms. The molecule has 1 aliphatic heterocycles. The maximum atomic E-state index is 13.4. The largest absolute Gasteiger partial charge is 0.484 e. The average molecular weight is 452 g/mol. The molecule has 1 atom stereocenters. The molecule has 0 unspecified atom stereocenters. The van der Waals surface area contributed by atoms with Crippen LogP contribution in [-0.2, 0) is 11.2 Å². The number of fused-ring (bicyclic) bond motifs is 2. The highest BCUT2D eigenvalue weighted by molar-refractivity contribution is 5.84. The summed E-state index contributed by atoms with van der Waals surface area (Å²) < 4.78 is 43.9. The lowest BCUT2D eigenvalue weighted by Gasteiger charge is -2.39. The predicted molar refractivity (Wildman–Crippen MR) is 123 cm³/mol. The van der Waals surface area contributed by atoms with Gasteiger partial charge in [0.2, 0.25) is 0 Å². The van der Waals surface area contributed by atoms with Gasteiger partial charge in [-0.1, -0.05) is 6.58 Å². The summed E-state index contributed by atoms with van der Waals surface area (Å²) in [5.74, 6) is -0.912. The second kappa shape index (κ2) is 8.61. The number of ether oxygens (including phenoxy) is 2. The van der Waals surface area contributed by atoms with Gasteiger partial charge in [-0.3, -0.25) is 0 Å². The van der Waals surface area contributed by atoms with E-state index in [9.17, 15) is 13.6 Å². The highest BCUT2D eigenvalue weighted by Gasteiger charge is 2.39. The summed E-state index contributed by atoms with van der Waals surface area (Å²) in [7, 11) is 0. The molecule has 3 aromatic rings. The van der Waals surface area contributed by atoms with Crippen LogP contribution in [0.25, 0.3) is 16.7 Å². The SMILES string of the molecule is C=C(N=CN=C(C)O[C@H]1Cc2cc3ccc(=O)oc3cc2OC1(C)C)c1ccc(F)c(F)c1. The summed E-state index contributed by atoms with van der Waals surface area (Å²) >= 11 is 0. The van der Waals surface area contributed by atoms with Crippen molar-refractivity contribution >= 4 is 28.9 Å². The molecule has 1 aromatic heterocycles. The lowest BCUT2D eigenvalue weighted by Crippen LogP contribution is -2.48. The molecule has 0 saturated carbocycles. The van der Waals surface area contributed by atoms with Crippen LogP contribution in [0.3, 0.4) is 0 Å².